The topological polar surface area (TPSA) is 38.9 Å². The average molecular weight is 271 g/mol. The van der Waals surface area contributed by atoms with Gasteiger partial charge in [0.15, 0.2) is 0 Å². The minimum Gasteiger partial charge on any atom is -0.330 e. The van der Waals surface area contributed by atoms with Crippen molar-refractivity contribution in [1.29, 1.82) is 0 Å². The van der Waals surface area contributed by atoms with E-state index in [9.17, 15) is 0 Å². The zero-order chi connectivity index (χ0) is 11.3. The zero-order valence-corrected chi connectivity index (χ0v) is 11.0. The molecule has 0 aliphatic heterocycles. The molecule has 0 saturated heterocycles. The Balaban J connectivity index is 2.78. The lowest BCUT2D eigenvalue weighted by Gasteiger charge is -2.29. The number of nitrogens with zero attached hydrogens (tertiary/aromatic N) is 1. The monoisotopic (exact) mass is 270 g/mol. The Kier molecular flexibility index (Phi) is 4.74. The fraction of sp³-hybridized carbons (Fsp3) is 0.583. The van der Waals surface area contributed by atoms with E-state index in [0.717, 1.165) is 36.0 Å². The molecule has 2 nitrogen and oxygen atoms in total. The minimum atomic E-state index is 0.223. The summed E-state index contributed by atoms with van der Waals surface area (Å²) in [6, 6.07) is 4.11. The number of hydrogen-bond acceptors (Lipinski definition) is 2. The second-order valence-corrected chi connectivity index (χ2v) is 4.97. The first-order valence-corrected chi connectivity index (χ1v) is 6.25. The highest BCUT2D eigenvalue weighted by Crippen LogP contribution is 2.29. The highest BCUT2D eigenvalue weighted by molar-refractivity contribution is 9.10. The largest absolute Gasteiger partial charge is 0.330 e. The molecule has 0 aromatic carbocycles. The van der Waals surface area contributed by atoms with Gasteiger partial charge < -0.3 is 5.73 Å². The van der Waals surface area contributed by atoms with Gasteiger partial charge in [0.25, 0.3) is 0 Å². The average Bonchev–Trinajstić information content (AvgIpc) is 2.29. The standard InChI is InChI=1S/C12H19BrN2/c1-3-12(4-2,9-14)7-11-6-5-10(13)8-15-11/h5-6,8H,3-4,7,9,14H2,1-2H3. The number of pyridine rings is 1. The fourth-order valence-corrected chi connectivity index (χ4v) is 1.99. The summed E-state index contributed by atoms with van der Waals surface area (Å²) in [5, 5.41) is 0. The first-order chi connectivity index (χ1) is 7.15. The van der Waals surface area contributed by atoms with Crippen LogP contribution in [0.2, 0.25) is 0 Å². The van der Waals surface area contributed by atoms with Crippen molar-refractivity contribution in [3.05, 3.63) is 28.5 Å². The number of aromatic nitrogens is 1. The van der Waals surface area contributed by atoms with Gasteiger partial charge in [-0.25, -0.2) is 0 Å². The Morgan fingerprint density at radius 3 is 2.40 bits per heavy atom. The van der Waals surface area contributed by atoms with Crippen LogP contribution in [0, 0.1) is 5.41 Å². The Hall–Kier alpha value is -0.410. The first kappa shape index (κ1) is 12.7. The lowest BCUT2D eigenvalue weighted by atomic mass is 9.78. The van der Waals surface area contributed by atoms with Crippen molar-refractivity contribution in [3.8, 4) is 0 Å². The summed E-state index contributed by atoms with van der Waals surface area (Å²) in [4.78, 5) is 4.40. The van der Waals surface area contributed by atoms with E-state index in [4.69, 9.17) is 5.73 Å². The normalized spacial score (nSPS) is 11.7. The van der Waals surface area contributed by atoms with E-state index in [1.807, 2.05) is 12.3 Å². The Morgan fingerprint density at radius 2 is 2.00 bits per heavy atom. The maximum atomic E-state index is 5.87. The summed E-state index contributed by atoms with van der Waals surface area (Å²) in [6.07, 6.45) is 5.04. The van der Waals surface area contributed by atoms with Crippen molar-refractivity contribution >= 4 is 15.9 Å². The minimum absolute atomic E-state index is 0.223. The summed E-state index contributed by atoms with van der Waals surface area (Å²) < 4.78 is 1.03. The molecular weight excluding hydrogens is 252 g/mol. The van der Waals surface area contributed by atoms with Gasteiger partial charge >= 0.3 is 0 Å². The summed E-state index contributed by atoms with van der Waals surface area (Å²) in [6.45, 7) is 5.14. The molecule has 0 spiro atoms. The molecule has 1 aromatic heterocycles. The Morgan fingerprint density at radius 1 is 1.33 bits per heavy atom. The molecule has 0 atom stereocenters. The predicted octanol–water partition coefficient (Wildman–Crippen LogP) is 3.15. The Labute approximate surface area is 100 Å². The molecule has 1 rings (SSSR count). The molecular formula is C12H19BrN2. The van der Waals surface area contributed by atoms with Crippen molar-refractivity contribution in [3.63, 3.8) is 0 Å². The number of hydrogen-bond donors (Lipinski definition) is 1. The molecule has 0 aliphatic carbocycles. The van der Waals surface area contributed by atoms with E-state index in [1.165, 1.54) is 0 Å². The third-order valence-corrected chi connectivity index (χ3v) is 3.75. The summed E-state index contributed by atoms with van der Waals surface area (Å²) >= 11 is 3.39. The highest BCUT2D eigenvalue weighted by atomic mass is 79.9. The van der Waals surface area contributed by atoms with Crippen LogP contribution < -0.4 is 5.73 Å². The van der Waals surface area contributed by atoms with E-state index < -0.39 is 0 Å². The molecule has 0 fully saturated rings. The second-order valence-electron chi connectivity index (χ2n) is 4.06. The van der Waals surface area contributed by atoms with Crippen LogP contribution in [0.1, 0.15) is 32.4 Å². The van der Waals surface area contributed by atoms with Crippen LogP contribution in [0.15, 0.2) is 22.8 Å². The Bertz CT molecular complexity index is 283. The molecule has 0 amide bonds. The van der Waals surface area contributed by atoms with Crippen LogP contribution in [0.3, 0.4) is 0 Å². The number of nitrogens with two attached hydrogens (primary N) is 1. The van der Waals surface area contributed by atoms with Gasteiger partial charge in [-0.15, -0.1) is 0 Å². The van der Waals surface area contributed by atoms with Gasteiger partial charge in [-0.1, -0.05) is 13.8 Å². The lowest BCUT2D eigenvalue weighted by molar-refractivity contribution is 0.268. The van der Waals surface area contributed by atoms with Crippen LogP contribution in [-0.2, 0) is 6.42 Å². The molecule has 0 saturated carbocycles. The van der Waals surface area contributed by atoms with Gasteiger partial charge in [-0.2, -0.15) is 0 Å². The van der Waals surface area contributed by atoms with Crippen molar-refractivity contribution in [2.24, 2.45) is 11.1 Å². The number of halogens is 1. The van der Waals surface area contributed by atoms with Crippen LogP contribution in [0.5, 0.6) is 0 Å². The third-order valence-electron chi connectivity index (χ3n) is 3.28. The van der Waals surface area contributed by atoms with Crippen LogP contribution >= 0.6 is 15.9 Å². The van der Waals surface area contributed by atoms with Gasteiger partial charge in [0.1, 0.15) is 0 Å². The summed E-state index contributed by atoms with van der Waals surface area (Å²) in [7, 11) is 0. The lowest BCUT2D eigenvalue weighted by Crippen LogP contribution is -2.31. The summed E-state index contributed by atoms with van der Waals surface area (Å²) in [5.41, 5.74) is 7.22. The van der Waals surface area contributed by atoms with Crippen LogP contribution in [-0.4, -0.2) is 11.5 Å². The molecule has 84 valence electrons. The zero-order valence-electron chi connectivity index (χ0n) is 9.46. The molecule has 15 heavy (non-hydrogen) atoms. The molecule has 0 radical (unpaired) electrons. The number of rotatable bonds is 5. The molecule has 0 aliphatic rings. The van der Waals surface area contributed by atoms with Gasteiger partial charge in [0.05, 0.1) is 0 Å². The van der Waals surface area contributed by atoms with E-state index in [2.05, 4.69) is 40.8 Å². The predicted molar refractivity (Wildman–Crippen MR) is 67.7 cm³/mol. The molecule has 1 heterocycles. The van der Waals surface area contributed by atoms with Crippen molar-refractivity contribution in [2.75, 3.05) is 6.54 Å². The fourth-order valence-electron chi connectivity index (χ4n) is 1.76. The van der Waals surface area contributed by atoms with Crippen LogP contribution in [0.4, 0.5) is 0 Å². The van der Waals surface area contributed by atoms with E-state index in [1.54, 1.807) is 0 Å². The smallest absolute Gasteiger partial charge is 0.0413 e. The maximum Gasteiger partial charge on any atom is 0.0413 e. The van der Waals surface area contributed by atoms with Crippen molar-refractivity contribution < 1.29 is 0 Å². The molecule has 1 aromatic rings. The van der Waals surface area contributed by atoms with E-state index >= 15 is 0 Å². The van der Waals surface area contributed by atoms with E-state index in [0.29, 0.717) is 0 Å². The molecule has 2 N–H and O–H groups in total. The third kappa shape index (κ3) is 3.28. The first-order valence-electron chi connectivity index (χ1n) is 5.46. The van der Waals surface area contributed by atoms with Gasteiger partial charge in [-0.3, -0.25) is 4.98 Å². The van der Waals surface area contributed by atoms with Gasteiger partial charge in [-0.05, 0) is 59.3 Å². The molecule has 0 bridgehead atoms. The quantitative estimate of drug-likeness (QED) is 0.893. The molecule has 0 unspecified atom stereocenters. The highest BCUT2D eigenvalue weighted by Gasteiger charge is 2.25. The molecule has 3 heteroatoms. The second kappa shape index (κ2) is 5.61. The van der Waals surface area contributed by atoms with Crippen molar-refractivity contribution in [2.45, 2.75) is 33.1 Å². The maximum absolute atomic E-state index is 5.87. The van der Waals surface area contributed by atoms with Crippen LogP contribution in [0.25, 0.3) is 0 Å². The van der Waals surface area contributed by atoms with Crippen molar-refractivity contribution in [1.82, 2.24) is 4.98 Å². The van der Waals surface area contributed by atoms with Gasteiger partial charge in [0.2, 0.25) is 0 Å². The van der Waals surface area contributed by atoms with E-state index in [-0.39, 0.29) is 5.41 Å². The summed E-state index contributed by atoms with van der Waals surface area (Å²) in [5.74, 6) is 0. The SMILES string of the molecule is CCC(CC)(CN)Cc1ccc(Br)cn1. The van der Waals surface area contributed by atoms with Gasteiger partial charge in [0, 0.05) is 16.4 Å².